The molecule has 2 aromatic carbocycles. The molecule has 116 valence electrons. The van der Waals surface area contributed by atoms with E-state index >= 15 is 0 Å². The zero-order chi connectivity index (χ0) is 15.9. The highest BCUT2D eigenvalue weighted by atomic mass is 19.1. The molecule has 22 heavy (non-hydrogen) atoms. The highest BCUT2D eigenvalue weighted by molar-refractivity contribution is 5.45. The maximum Gasteiger partial charge on any atom is 0.191 e. The Bertz CT molecular complexity index is 706. The molecule has 0 amide bonds. The summed E-state index contributed by atoms with van der Waals surface area (Å²) in [5.74, 6) is -2.03. The molecule has 1 heterocycles. The maximum atomic E-state index is 14.1. The molecule has 0 radical (unpaired) electrons. The van der Waals surface area contributed by atoms with E-state index in [1.54, 1.807) is 6.07 Å². The van der Waals surface area contributed by atoms with E-state index in [0.717, 1.165) is 12.1 Å². The first-order chi connectivity index (χ1) is 10.4. The lowest BCUT2D eigenvalue weighted by Gasteiger charge is -2.16. The van der Waals surface area contributed by atoms with Crippen LogP contribution in [0.3, 0.4) is 0 Å². The minimum atomic E-state index is -0.815. The average molecular weight is 308 g/mol. The molecule has 1 aliphatic heterocycles. The smallest absolute Gasteiger partial charge is 0.191 e. The van der Waals surface area contributed by atoms with Crippen molar-refractivity contribution in [2.75, 3.05) is 0 Å². The van der Waals surface area contributed by atoms with Crippen LogP contribution in [-0.2, 0) is 13.0 Å². The molecule has 3 rings (SSSR count). The Hall–Kier alpha value is -2.17. The van der Waals surface area contributed by atoms with Crippen LogP contribution in [0.5, 0.6) is 11.5 Å². The number of ether oxygens (including phenoxy) is 2. The SMILES string of the molecule is CC1(C)Cc2c(ccc(F)c2COc2c(F)cccc2F)O1. The van der Waals surface area contributed by atoms with Crippen LogP contribution >= 0.6 is 0 Å². The molecule has 0 fully saturated rings. The summed E-state index contributed by atoms with van der Waals surface area (Å²) in [5, 5.41) is 0. The minimum absolute atomic E-state index is 0.258. The molecule has 5 heteroatoms. The van der Waals surface area contributed by atoms with Crippen LogP contribution in [0.25, 0.3) is 0 Å². The largest absolute Gasteiger partial charge is 0.487 e. The van der Waals surface area contributed by atoms with Crippen LogP contribution in [0.2, 0.25) is 0 Å². The summed E-state index contributed by atoms with van der Waals surface area (Å²) in [5.41, 5.74) is 0.515. The van der Waals surface area contributed by atoms with Crippen molar-refractivity contribution in [1.82, 2.24) is 0 Å². The summed E-state index contributed by atoms with van der Waals surface area (Å²) in [6.07, 6.45) is 0.512. The predicted octanol–water partition coefficient (Wildman–Crippen LogP) is 4.40. The number of rotatable bonds is 3. The van der Waals surface area contributed by atoms with E-state index in [9.17, 15) is 13.2 Å². The molecule has 0 N–H and O–H groups in total. The van der Waals surface area contributed by atoms with Crippen molar-refractivity contribution in [3.63, 3.8) is 0 Å². The Kier molecular flexibility index (Phi) is 3.51. The van der Waals surface area contributed by atoms with Gasteiger partial charge < -0.3 is 9.47 Å². The van der Waals surface area contributed by atoms with Gasteiger partial charge in [-0.05, 0) is 38.1 Å². The number of fused-ring (bicyclic) bond motifs is 1. The summed E-state index contributed by atoms with van der Waals surface area (Å²) >= 11 is 0. The van der Waals surface area contributed by atoms with Crippen molar-refractivity contribution < 1.29 is 22.6 Å². The van der Waals surface area contributed by atoms with Crippen LogP contribution in [0.4, 0.5) is 13.2 Å². The molecule has 0 saturated carbocycles. The van der Waals surface area contributed by atoms with Crippen LogP contribution in [-0.4, -0.2) is 5.60 Å². The number of para-hydroxylation sites is 1. The normalized spacial score (nSPS) is 15.3. The Morgan fingerprint density at radius 1 is 1.05 bits per heavy atom. The van der Waals surface area contributed by atoms with Gasteiger partial charge in [0.1, 0.15) is 23.8 Å². The van der Waals surface area contributed by atoms with E-state index in [1.807, 2.05) is 13.8 Å². The standard InChI is InChI=1S/C17H15F3O2/c1-17(2)8-10-11(12(18)6-7-15(10)22-17)9-21-16-13(19)4-3-5-14(16)20/h3-7H,8-9H2,1-2H3. The average Bonchev–Trinajstić information content (AvgIpc) is 2.75. The fraction of sp³-hybridized carbons (Fsp3) is 0.294. The van der Waals surface area contributed by atoms with Crippen LogP contribution in [0.15, 0.2) is 30.3 Å². The lowest BCUT2D eigenvalue weighted by atomic mass is 9.97. The van der Waals surface area contributed by atoms with Gasteiger partial charge in [-0.2, -0.15) is 0 Å². The van der Waals surface area contributed by atoms with Crippen molar-refractivity contribution in [1.29, 1.82) is 0 Å². The van der Waals surface area contributed by atoms with Crippen molar-refractivity contribution in [3.05, 3.63) is 58.9 Å². The van der Waals surface area contributed by atoms with E-state index in [2.05, 4.69) is 0 Å². The van der Waals surface area contributed by atoms with Gasteiger partial charge in [0.05, 0.1) is 0 Å². The quantitative estimate of drug-likeness (QED) is 0.837. The number of hydrogen-bond acceptors (Lipinski definition) is 2. The third-order valence-corrected chi connectivity index (χ3v) is 3.60. The zero-order valence-electron chi connectivity index (χ0n) is 12.3. The summed E-state index contributed by atoms with van der Waals surface area (Å²) < 4.78 is 52.1. The lowest BCUT2D eigenvalue weighted by molar-refractivity contribution is 0.138. The van der Waals surface area contributed by atoms with Gasteiger partial charge in [-0.3, -0.25) is 0 Å². The van der Waals surface area contributed by atoms with E-state index < -0.39 is 28.8 Å². The van der Waals surface area contributed by atoms with Gasteiger partial charge >= 0.3 is 0 Å². The van der Waals surface area contributed by atoms with Gasteiger partial charge in [-0.25, -0.2) is 13.2 Å². The Balaban J connectivity index is 1.90. The lowest BCUT2D eigenvalue weighted by Crippen LogP contribution is -2.24. The summed E-state index contributed by atoms with van der Waals surface area (Å²) in [6, 6.07) is 6.27. The van der Waals surface area contributed by atoms with Crippen molar-refractivity contribution in [2.24, 2.45) is 0 Å². The van der Waals surface area contributed by atoms with Gasteiger partial charge in [0.15, 0.2) is 17.4 Å². The molecule has 2 aromatic rings. The van der Waals surface area contributed by atoms with Crippen LogP contribution < -0.4 is 9.47 Å². The fourth-order valence-electron chi connectivity index (χ4n) is 2.61. The maximum absolute atomic E-state index is 14.1. The Morgan fingerprint density at radius 2 is 1.73 bits per heavy atom. The number of hydrogen-bond donors (Lipinski definition) is 0. The molecule has 0 unspecified atom stereocenters. The molecule has 2 nitrogen and oxygen atoms in total. The Morgan fingerprint density at radius 3 is 2.41 bits per heavy atom. The second kappa shape index (κ2) is 5.23. The highest BCUT2D eigenvalue weighted by Crippen LogP contribution is 2.38. The monoisotopic (exact) mass is 308 g/mol. The zero-order valence-corrected chi connectivity index (χ0v) is 12.3. The summed E-state index contributed by atoms with van der Waals surface area (Å²) in [4.78, 5) is 0. The topological polar surface area (TPSA) is 18.5 Å². The summed E-state index contributed by atoms with van der Waals surface area (Å²) in [6.45, 7) is 3.53. The molecular weight excluding hydrogens is 293 g/mol. The second-order valence-electron chi connectivity index (χ2n) is 5.88. The second-order valence-corrected chi connectivity index (χ2v) is 5.88. The first-order valence-corrected chi connectivity index (χ1v) is 6.93. The minimum Gasteiger partial charge on any atom is -0.487 e. The van der Waals surface area contributed by atoms with E-state index in [4.69, 9.17) is 9.47 Å². The van der Waals surface area contributed by atoms with Crippen molar-refractivity contribution in [2.45, 2.75) is 32.5 Å². The van der Waals surface area contributed by atoms with Gasteiger partial charge in [0.2, 0.25) is 0 Å². The third-order valence-electron chi connectivity index (χ3n) is 3.60. The van der Waals surface area contributed by atoms with E-state index in [-0.39, 0.29) is 12.2 Å². The molecular formula is C17H15F3O2. The van der Waals surface area contributed by atoms with Gasteiger partial charge in [-0.1, -0.05) is 6.07 Å². The third kappa shape index (κ3) is 2.63. The molecule has 0 bridgehead atoms. The van der Waals surface area contributed by atoms with Crippen molar-refractivity contribution >= 4 is 0 Å². The first kappa shape index (κ1) is 14.8. The van der Waals surface area contributed by atoms with Crippen LogP contribution in [0, 0.1) is 17.5 Å². The van der Waals surface area contributed by atoms with Gasteiger partial charge in [-0.15, -0.1) is 0 Å². The molecule has 0 spiro atoms. The molecule has 0 aliphatic carbocycles. The molecule has 1 aliphatic rings. The van der Waals surface area contributed by atoms with E-state index in [1.165, 1.54) is 12.1 Å². The highest BCUT2D eigenvalue weighted by Gasteiger charge is 2.33. The van der Waals surface area contributed by atoms with Crippen LogP contribution in [0.1, 0.15) is 25.0 Å². The predicted molar refractivity (Wildman–Crippen MR) is 75.5 cm³/mol. The Labute approximate surface area is 126 Å². The molecule has 0 aromatic heterocycles. The number of benzene rings is 2. The first-order valence-electron chi connectivity index (χ1n) is 6.93. The fourth-order valence-corrected chi connectivity index (χ4v) is 2.61. The summed E-state index contributed by atoms with van der Waals surface area (Å²) in [7, 11) is 0. The van der Waals surface area contributed by atoms with Gasteiger partial charge in [0, 0.05) is 17.5 Å². The molecule has 0 atom stereocenters. The van der Waals surface area contributed by atoms with Crippen molar-refractivity contribution in [3.8, 4) is 11.5 Å². The van der Waals surface area contributed by atoms with Gasteiger partial charge in [0.25, 0.3) is 0 Å². The van der Waals surface area contributed by atoms with E-state index in [0.29, 0.717) is 17.7 Å². The number of halogens is 3. The molecule has 0 saturated heterocycles.